The second-order valence-corrected chi connectivity index (χ2v) is 19.0. The third-order valence-electron chi connectivity index (χ3n) is 7.47. The number of halogens is 2. The lowest BCUT2D eigenvalue weighted by atomic mass is 10.2. The molecule has 6 rings (SSSR count). The van der Waals surface area contributed by atoms with Gasteiger partial charge in [0.15, 0.2) is 0 Å². The highest BCUT2D eigenvalue weighted by Gasteiger charge is 2.30. The van der Waals surface area contributed by atoms with Gasteiger partial charge in [0.25, 0.3) is 20.0 Å². The fourth-order valence-electron chi connectivity index (χ4n) is 5.12. The number of sulfonamides is 2. The Bertz CT molecular complexity index is 2400. The van der Waals surface area contributed by atoms with Crippen molar-refractivity contribution in [3.63, 3.8) is 0 Å². The molecule has 2 aromatic heterocycles. The Hall–Kier alpha value is -3.89. The first kappa shape index (κ1) is 40.3. The van der Waals surface area contributed by atoms with Crippen LogP contribution < -0.4 is 19.7 Å². The highest BCUT2D eigenvalue weighted by atomic mass is 35.5. The van der Waals surface area contributed by atoms with Gasteiger partial charge < -0.3 is 15.8 Å². The number of alkyl carbamates (subject to hydrolysis) is 1. The number of rotatable bonds is 11. The average molecular weight is 834 g/mol. The number of nitrogens with one attached hydrogen (secondary N) is 1. The molecule has 0 aliphatic heterocycles. The van der Waals surface area contributed by atoms with E-state index in [-0.39, 0.29) is 36.0 Å². The summed E-state index contributed by atoms with van der Waals surface area (Å²) in [6, 6.07) is 31.5. The van der Waals surface area contributed by atoms with Gasteiger partial charge in [-0.1, -0.05) is 96.0 Å². The predicted molar refractivity (Wildman–Crippen MR) is 219 cm³/mol. The molecule has 0 unspecified atom stereocenters. The van der Waals surface area contributed by atoms with Crippen LogP contribution in [0.1, 0.15) is 20.8 Å². The number of hydrogen-bond donors (Lipinski definition) is 2. The van der Waals surface area contributed by atoms with Gasteiger partial charge in [0.1, 0.15) is 15.6 Å². The van der Waals surface area contributed by atoms with Crippen molar-refractivity contribution < 1.29 is 26.4 Å². The molecule has 0 radical (unpaired) electrons. The Morgan fingerprint density at radius 2 is 1.08 bits per heavy atom. The number of carbonyl (C=O) groups excluding carboxylic acids is 1. The molecule has 0 atom stereocenters. The van der Waals surface area contributed by atoms with E-state index in [0.717, 1.165) is 20.2 Å². The molecule has 3 N–H and O–H groups in total. The number of fused-ring (bicyclic) bond motifs is 2. The summed E-state index contributed by atoms with van der Waals surface area (Å²) in [5, 5.41) is 5.96. The first-order valence-corrected chi connectivity index (χ1v) is 21.6. The molecule has 4 aromatic carbocycles. The molecule has 0 saturated carbocycles. The molecule has 280 valence electrons. The molecule has 6 aromatic rings. The normalized spacial score (nSPS) is 11.9. The van der Waals surface area contributed by atoms with Crippen molar-refractivity contribution >= 4 is 102 Å². The number of carbonyl (C=O) groups is 1. The van der Waals surface area contributed by atoms with Crippen LogP contribution in [0.15, 0.2) is 119 Å². The van der Waals surface area contributed by atoms with E-state index in [9.17, 15) is 21.6 Å². The third-order valence-corrected chi connectivity index (χ3v) is 14.7. The van der Waals surface area contributed by atoms with Crippen molar-refractivity contribution in [1.29, 1.82) is 0 Å². The average Bonchev–Trinajstić information content (AvgIpc) is 3.64. The van der Waals surface area contributed by atoms with Gasteiger partial charge in [-0.25, -0.2) is 21.6 Å². The lowest BCUT2D eigenvalue weighted by Crippen LogP contribution is -2.40. The van der Waals surface area contributed by atoms with Gasteiger partial charge in [-0.2, -0.15) is 0 Å². The smallest absolute Gasteiger partial charge is 0.407 e. The fourth-order valence-corrected chi connectivity index (χ4v) is 11.8. The fraction of sp³-hybridized carbons (Fsp3) is 0.216. The van der Waals surface area contributed by atoms with Crippen molar-refractivity contribution in [2.45, 2.75) is 36.2 Å². The zero-order valence-corrected chi connectivity index (χ0v) is 33.8. The summed E-state index contributed by atoms with van der Waals surface area (Å²) < 4.78 is 62.3. The Labute approximate surface area is 327 Å². The van der Waals surface area contributed by atoms with Crippen LogP contribution in [0.5, 0.6) is 0 Å². The summed E-state index contributed by atoms with van der Waals surface area (Å²) in [4.78, 5) is 12.4. The quantitative estimate of drug-likeness (QED) is 0.133. The summed E-state index contributed by atoms with van der Waals surface area (Å²) in [5.74, 6) is 0. The number of nitrogens with two attached hydrogens (primary N) is 1. The van der Waals surface area contributed by atoms with Crippen molar-refractivity contribution in [3.8, 4) is 0 Å². The standard InChI is InChI=1S/C21H23ClN2O4S2.C16H15ClN2O2S2/c1-21(2,3)28-20(25)23-13-14-24(30(26,27)15-9-5-4-6-10-15)19-18(22)16-11-7-8-12-17(16)29-19;17-15-13-8-4-5-9-14(13)22-16(15)19(11-10-18)23(20,21)12-6-2-1-3-7-12/h4-12H,13-14H2,1-3H3,(H,23,25);1-9H,10-11,18H2. The van der Waals surface area contributed by atoms with Crippen molar-refractivity contribution in [2.75, 3.05) is 34.8 Å². The predicted octanol–water partition coefficient (Wildman–Crippen LogP) is 8.98. The maximum atomic E-state index is 13.4. The molecular formula is C37H38Cl2N4O6S4. The number of hydrogen-bond acceptors (Lipinski definition) is 9. The molecule has 1 amide bonds. The van der Waals surface area contributed by atoms with E-state index in [1.165, 1.54) is 43.4 Å². The number of benzene rings is 4. The summed E-state index contributed by atoms with van der Waals surface area (Å²) in [6.07, 6.45) is -0.609. The van der Waals surface area contributed by atoms with Crippen LogP contribution in [-0.4, -0.2) is 54.7 Å². The van der Waals surface area contributed by atoms with Crippen LogP contribution >= 0.6 is 45.9 Å². The minimum absolute atomic E-state index is 0.00299. The number of anilines is 2. The van der Waals surface area contributed by atoms with Crippen LogP contribution in [0.25, 0.3) is 20.2 Å². The molecule has 0 aliphatic carbocycles. The summed E-state index contributed by atoms with van der Waals surface area (Å²) >= 11 is 15.7. The number of ether oxygens (including phenoxy) is 1. The third kappa shape index (κ3) is 9.44. The zero-order valence-electron chi connectivity index (χ0n) is 29.0. The second kappa shape index (κ2) is 17.1. The Kier molecular flexibility index (Phi) is 13.0. The zero-order chi connectivity index (χ0) is 38.4. The number of amides is 1. The van der Waals surface area contributed by atoms with Crippen molar-refractivity contribution in [2.24, 2.45) is 5.73 Å². The lowest BCUT2D eigenvalue weighted by Gasteiger charge is -2.24. The van der Waals surface area contributed by atoms with E-state index in [4.69, 9.17) is 33.7 Å². The largest absolute Gasteiger partial charge is 0.444 e. The molecule has 0 spiro atoms. The molecule has 10 nitrogen and oxygen atoms in total. The van der Waals surface area contributed by atoms with Gasteiger partial charge in [-0.3, -0.25) is 8.61 Å². The Balaban J connectivity index is 0.000000211. The minimum Gasteiger partial charge on any atom is -0.444 e. The first-order valence-electron chi connectivity index (χ1n) is 16.3. The molecule has 0 aliphatic rings. The van der Waals surface area contributed by atoms with E-state index in [0.29, 0.717) is 20.0 Å². The molecule has 0 bridgehead atoms. The summed E-state index contributed by atoms with van der Waals surface area (Å²) in [6.45, 7) is 5.72. The summed E-state index contributed by atoms with van der Waals surface area (Å²) in [7, 11) is -7.60. The first-order chi connectivity index (χ1) is 25.1. The van der Waals surface area contributed by atoms with E-state index in [1.807, 2.05) is 48.5 Å². The summed E-state index contributed by atoms with van der Waals surface area (Å²) in [5.41, 5.74) is 5.00. The maximum absolute atomic E-state index is 13.4. The molecule has 53 heavy (non-hydrogen) atoms. The highest BCUT2D eigenvalue weighted by Crippen LogP contribution is 2.44. The molecule has 0 saturated heterocycles. The van der Waals surface area contributed by atoms with Crippen LogP contribution in [0.2, 0.25) is 10.0 Å². The lowest BCUT2D eigenvalue weighted by molar-refractivity contribution is 0.0529. The highest BCUT2D eigenvalue weighted by molar-refractivity contribution is 7.93. The van der Waals surface area contributed by atoms with E-state index in [2.05, 4.69) is 5.32 Å². The minimum atomic E-state index is -3.89. The van der Waals surface area contributed by atoms with Crippen LogP contribution in [0.4, 0.5) is 14.8 Å². The topological polar surface area (TPSA) is 139 Å². The van der Waals surface area contributed by atoms with Crippen molar-refractivity contribution in [3.05, 3.63) is 119 Å². The van der Waals surface area contributed by atoms with Crippen LogP contribution in [-0.2, 0) is 24.8 Å². The van der Waals surface area contributed by atoms with Gasteiger partial charge in [-0.05, 0) is 57.2 Å². The van der Waals surface area contributed by atoms with E-state index < -0.39 is 31.7 Å². The molecule has 0 fully saturated rings. The van der Waals surface area contributed by atoms with Gasteiger partial charge in [0.05, 0.1) is 26.4 Å². The van der Waals surface area contributed by atoms with Gasteiger partial charge >= 0.3 is 6.09 Å². The number of thiophene rings is 2. The Morgan fingerprint density at radius 3 is 1.47 bits per heavy atom. The van der Waals surface area contributed by atoms with Crippen LogP contribution in [0, 0.1) is 0 Å². The van der Waals surface area contributed by atoms with E-state index in [1.54, 1.807) is 69.3 Å². The van der Waals surface area contributed by atoms with Crippen molar-refractivity contribution in [1.82, 2.24) is 5.32 Å². The molecule has 16 heteroatoms. The van der Waals surface area contributed by atoms with Gasteiger partial charge in [-0.15, -0.1) is 22.7 Å². The maximum Gasteiger partial charge on any atom is 0.407 e. The van der Waals surface area contributed by atoms with E-state index >= 15 is 0 Å². The molecular weight excluding hydrogens is 796 g/mol. The number of nitrogens with zero attached hydrogens (tertiary/aromatic N) is 2. The Morgan fingerprint density at radius 1 is 0.679 bits per heavy atom. The second-order valence-electron chi connectivity index (χ2n) is 12.4. The monoisotopic (exact) mass is 832 g/mol. The van der Waals surface area contributed by atoms with Gasteiger partial charge in [0.2, 0.25) is 0 Å². The molecule has 2 heterocycles. The SMILES string of the molecule is CC(C)(C)OC(=O)NCCN(c1sc2ccccc2c1Cl)S(=O)(=O)c1ccccc1.NCCN(c1sc2ccccc2c1Cl)S(=O)(=O)c1ccccc1. The van der Waals surface area contributed by atoms with Gasteiger partial charge in [0, 0.05) is 39.8 Å². The van der Waals surface area contributed by atoms with Crippen LogP contribution in [0.3, 0.4) is 0 Å².